The molecule has 1 aliphatic heterocycles. The Morgan fingerprint density at radius 1 is 1.28 bits per heavy atom. The van der Waals surface area contributed by atoms with Crippen molar-refractivity contribution >= 4 is 11.6 Å². The average Bonchev–Trinajstić information content (AvgIpc) is 3.10. The Morgan fingerprint density at radius 2 is 2.16 bits per heavy atom. The highest BCUT2D eigenvalue weighted by atomic mass is 16.5. The van der Waals surface area contributed by atoms with E-state index in [0.717, 1.165) is 11.3 Å². The van der Waals surface area contributed by atoms with Crippen molar-refractivity contribution in [3.63, 3.8) is 0 Å². The number of carbonyl (C=O) groups is 1. The number of pyridine rings is 1. The zero-order valence-electron chi connectivity index (χ0n) is 14.0. The molecule has 0 spiro atoms. The van der Waals surface area contributed by atoms with Crippen molar-refractivity contribution in [2.24, 2.45) is 0 Å². The summed E-state index contributed by atoms with van der Waals surface area (Å²) < 4.78 is 7.29. The van der Waals surface area contributed by atoms with Crippen molar-refractivity contribution in [2.75, 3.05) is 11.4 Å². The van der Waals surface area contributed by atoms with E-state index in [-0.39, 0.29) is 17.7 Å². The van der Waals surface area contributed by atoms with Gasteiger partial charge in [0.25, 0.3) is 5.91 Å². The monoisotopic (exact) mass is 335 g/mol. The number of carbonyl (C=O) groups excluding carboxylic acids is 1. The Labute approximate surface area is 144 Å². The predicted molar refractivity (Wildman–Crippen MR) is 92.1 cm³/mol. The summed E-state index contributed by atoms with van der Waals surface area (Å²) in [5.74, 6) is 0.240. The minimum Gasteiger partial charge on any atom is -0.471 e. The molecule has 0 bridgehead atoms. The Morgan fingerprint density at radius 3 is 3.00 bits per heavy atom. The Balaban J connectivity index is 1.66. The maximum Gasteiger partial charge on any atom is 0.280 e. The zero-order valence-corrected chi connectivity index (χ0v) is 14.0. The fraction of sp³-hybridized carbons (Fsp3) is 0.222. The normalized spacial score (nSPS) is 16.2. The van der Waals surface area contributed by atoms with Gasteiger partial charge in [0.15, 0.2) is 5.69 Å². The van der Waals surface area contributed by atoms with Gasteiger partial charge in [-0.1, -0.05) is 17.3 Å². The second-order valence-electron chi connectivity index (χ2n) is 6.06. The number of ether oxygens (including phenoxy) is 1. The molecule has 0 fully saturated rings. The van der Waals surface area contributed by atoms with Crippen LogP contribution in [0.15, 0.2) is 48.8 Å². The largest absolute Gasteiger partial charge is 0.471 e. The number of anilines is 1. The van der Waals surface area contributed by atoms with Crippen molar-refractivity contribution < 1.29 is 9.53 Å². The first-order valence-corrected chi connectivity index (χ1v) is 8.05. The van der Waals surface area contributed by atoms with E-state index in [1.165, 1.54) is 0 Å². The second kappa shape index (κ2) is 6.01. The molecule has 1 unspecified atom stereocenters. The third kappa shape index (κ3) is 2.84. The molecule has 1 amide bonds. The Hall–Kier alpha value is -3.22. The van der Waals surface area contributed by atoms with E-state index in [1.807, 2.05) is 44.2 Å². The van der Waals surface area contributed by atoms with Gasteiger partial charge in [0, 0.05) is 6.20 Å². The minimum absolute atomic E-state index is 0.141. The van der Waals surface area contributed by atoms with E-state index in [9.17, 15) is 4.79 Å². The maximum absolute atomic E-state index is 12.9. The molecule has 2 aromatic heterocycles. The standard InChI is InChI=1S/C18H17N5O2/c1-12-5-3-6-14(9-12)23-11-15(20-21-23)18(24)22-10-13(2)25-17-16(22)7-4-8-19-17/h3-9,11,13H,10H2,1-2H3. The van der Waals surface area contributed by atoms with Crippen LogP contribution in [0, 0.1) is 6.92 Å². The van der Waals surface area contributed by atoms with E-state index in [1.54, 1.807) is 28.0 Å². The van der Waals surface area contributed by atoms with Gasteiger partial charge in [-0.3, -0.25) is 9.69 Å². The summed E-state index contributed by atoms with van der Waals surface area (Å²) in [5, 5.41) is 8.15. The van der Waals surface area contributed by atoms with Crippen molar-refractivity contribution in [2.45, 2.75) is 20.0 Å². The second-order valence-corrected chi connectivity index (χ2v) is 6.06. The van der Waals surface area contributed by atoms with Gasteiger partial charge in [-0.25, -0.2) is 9.67 Å². The smallest absolute Gasteiger partial charge is 0.280 e. The van der Waals surface area contributed by atoms with E-state index in [2.05, 4.69) is 15.3 Å². The summed E-state index contributed by atoms with van der Waals surface area (Å²) in [7, 11) is 0. The fourth-order valence-corrected chi connectivity index (χ4v) is 2.85. The summed E-state index contributed by atoms with van der Waals surface area (Å²) in [6.45, 7) is 4.35. The van der Waals surface area contributed by atoms with Crippen LogP contribution >= 0.6 is 0 Å². The molecule has 3 aromatic rings. The molecule has 25 heavy (non-hydrogen) atoms. The number of aromatic nitrogens is 4. The lowest BCUT2D eigenvalue weighted by Gasteiger charge is -2.31. The number of fused-ring (bicyclic) bond motifs is 1. The van der Waals surface area contributed by atoms with Crippen LogP contribution in [0.25, 0.3) is 5.69 Å². The topological polar surface area (TPSA) is 73.1 Å². The van der Waals surface area contributed by atoms with Crippen LogP contribution < -0.4 is 9.64 Å². The molecule has 3 heterocycles. The van der Waals surface area contributed by atoms with Crippen LogP contribution in [0.5, 0.6) is 5.88 Å². The first-order valence-electron chi connectivity index (χ1n) is 8.05. The predicted octanol–water partition coefficient (Wildman–Crippen LogP) is 2.40. The number of benzene rings is 1. The molecule has 1 atom stereocenters. The lowest BCUT2D eigenvalue weighted by molar-refractivity contribution is 0.0954. The summed E-state index contributed by atoms with van der Waals surface area (Å²) in [5.41, 5.74) is 2.91. The highest BCUT2D eigenvalue weighted by molar-refractivity contribution is 6.05. The highest BCUT2D eigenvalue weighted by Gasteiger charge is 2.30. The van der Waals surface area contributed by atoms with E-state index in [4.69, 9.17) is 4.74 Å². The number of amides is 1. The van der Waals surface area contributed by atoms with Crippen LogP contribution in [-0.4, -0.2) is 38.5 Å². The van der Waals surface area contributed by atoms with Crippen LogP contribution in [0.4, 0.5) is 5.69 Å². The first kappa shape index (κ1) is 15.3. The number of hydrogen-bond donors (Lipinski definition) is 0. The third-order valence-electron chi connectivity index (χ3n) is 4.02. The van der Waals surface area contributed by atoms with Crippen molar-refractivity contribution in [3.05, 3.63) is 60.0 Å². The summed E-state index contributed by atoms with van der Waals surface area (Å²) >= 11 is 0. The van der Waals surface area contributed by atoms with Gasteiger partial charge in [0.2, 0.25) is 5.88 Å². The molecular weight excluding hydrogens is 318 g/mol. The van der Waals surface area contributed by atoms with E-state index >= 15 is 0 Å². The molecular formula is C18H17N5O2. The van der Waals surface area contributed by atoms with Crippen molar-refractivity contribution in [1.29, 1.82) is 0 Å². The molecule has 7 nitrogen and oxygen atoms in total. The molecule has 0 N–H and O–H groups in total. The quantitative estimate of drug-likeness (QED) is 0.719. The van der Waals surface area contributed by atoms with Gasteiger partial charge >= 0.3 is 0 Å². The van der Waals surface area contributed by atoms with Gasteiger partial charge < -0.3 is 4.74 Å². The van der Waals surface area contributed by atoms with Crippen LogP contribution in [0.1, 0.15) is 23.0 Å². The van der Waals surface area contributed by atoms with Gasteiger partial charge in [0.1, 0.15) is 11.8 Å². The van der Waals surface area contributed by atoms with E-state index in [0.29, 0.717) is 18.1 Å². The Kier molecular flexibility index (Phi) is 3.68. The fourth-order valence-electron chi connectivity index (χ4n) is 2.85. The Bertz CT molecular complexity index is 936. The summed E-state index contributed by atoms with van der Waals surface area (Å²) in [6, 6.07) is 11.5. The number of nitrogens with zero attached hydrogens (tertiary/aromatic N) is 5. The SMILES string of the molecule is Cc1cccc(-n2cc(C(=O)N3CC(C)Oc4ncccc43)nn2)c1. The molecule has 0 saturated carbocycles. The number of rotatable bonds is 2. The number of aryl methyl sites for hydroxylation is 1. The lowest BCUT2D eigenvalue weighted by atomic mass is 10.2. The first-order chi connectivity index (χ1) is 12.1. The van der Waals surface area contributed by atoms with Crippen LogP contribution in [-0.2, 0) is 0 Å². The molecule has 126 valence electrons. The van der Waals surface area contributed by atoms with Crippen molar-refractivity contribution in [1.82, 2.24) is 20.0 Å². The third-order valence-corrected chi connectivity index (χ3v) is 4.02. The van der Waals surface area contributed by atoms with E-state index < -0.39 is 0 Å². The molecule has 1 aromatic carbocycles. The summed E-state index contributed by atoms with van der Waals surface area (Å²) in [4.78, 5) is 18.8. The molecule has 0 radical (unpaired) electrons. The van der Waals surface area contributed by atoms with Gasteiger partial charge in [-0.05, 0) is 43.7 Å². The molecule has 7 heteroatoms. The van der Waals surface area contributed by atoms with Crippen molar-refractivity contribution in [3.8, 4) is 11.6 Å². The zero-order chi connectivity index (χ0) is 17.4. The maximum atomic E-state index is 12.9. The molecule has 0 aliphatic carbocycles. The van der Waals surface area contributed by atoms with Crippen LogP contribution in [0.3, 0.4) is 0 Å². The van der Waals surface area contributed by atoms with Crippen LogP contribution in [0.2, 0.25) is 0 Å². The average molecular weight is 335 g/mol. The van der Waals surface area contributed by atoms with Gasteiger partial charge in [-0.15, -0.1) is 5.10 Å². The van der Waals surface area contributed by atoms with Gasteiger partial charge in [-0.2, -0.15) is 0 Å². The summed E-state index contributed by atoms with van der Waals surface area (Å²) in [6.07, 6.45) is 3.15. The lowest BCUT2D eigenvalue weighted by Crippen LogP contribution is -2.42. The highest BCUT2D eigenvalue weighted by Crippen LogP contribution is 2.31. The number of hydrogen-bond acceptors (Lipinski definition) is 5. The van der Waals surface area contributed by atoms with Gasteiger partial charge in [0.05, 0.1) is 18.4 Å². The molecule has 4 rings (SSSR count). The molecule has 0 saturated heterocycles. The minimum atomic E-state index is -0.219. The molecule has 1 aliphatic rings.